The van der Waals surface area contributed by atoms with Gasteiger partial charge in [0, 0.05) is 14.1 Å². The summed E-state index contributed by atoms with van der Waals surface area (Å²) in [5.74, 6) is -0.816. The van der Waals surface area contributed by atoms with Gasteiger partial charge in [-0.05, 0) is 13.3 Å². The summed E-state index contributed by atoms with van der Waals surface area (Å²) in [5, 5.41) is 8.96. The van der Waals surface area contributed by atoms with Crippen molar-refractivity contribution in [1.29, 1.82) is 0 Å². The first-order valence-electron chi connectivity index (χ1n) is 3.97. The Morgan fingerprint density at radius 1 is 1.62 bits per heavy atom. The fourth-order valence-electron chi connectivity index (χ4n) is 0.551. The topological polar surface area (TPSA) is 40.5 Å². The van der Waals surface area contributed by atoms with E-state index in [2.05, 4.69) is 0 Å². The van der Waals surface area contributed by atoms with Crippen LogP contribution in [0.1, 0.15) is 20.3 Å². The fourth-order valence-corrected chi connectivity index (χ4v) is 1.90. The van der Waals surface area contributed by atoms with E-state index in [-0.39, 0.29) is 0 Å². The molecular formula is C8H15NO2S2. The van der Waals surface area contributed by atoms with Gasteiger partial charge in [0.15, 0.2) is 0 Å². The third kappa shape index (κ3) is 3.52. The largest absolute Gasteiger partial charge is 0.480 e. The highest BCUT2D eigenvalue weighted by atomic mass is 32.2. The molecule has 76 valence electrons. The third-order valence-corrected chi connectivity index (χ3v) is 3.87. The second-order valence-corrected chi connectivity index (χ2v) is 5.29. The average Bonchev–Trinajstić information content (AvgIpc) is 2.03. The van der Waals surface area contributed by atoms with Crippen molar-refractivity contribution in [3.8, 4) is 0 Å². The van der Waals surface area contributed by atoms with E-state index in [1.807, 2.05) is 21.0 Å². The van der Waals surface area contributed by atoms with E-state index in [9.17, 15) is 4.79 Å². The number of hydrogen-bond donors (Lipinski definition) is 1. The van der Waals surface area contributed by atoms with E-state index in [1.165, 1.54) is 11.8 Å². The lowest BCUT2D eigenvalue weighted by atomic mass is 10.1. The highest BCUT2D eigenvalue weighted by Crippen LogP contribution is 2.30. The highest BCUT2D eigenvalue weighted by molar-refractivity contribution is 8.24. The molecule has 0 aliphatic heterocycles. The Balaban J connectivity index is 4.45. The van der Waals surface area contributed by atoms with Crippen molar-refractivity contribution in [2.75, 3.05) is 14.1 Å². The quantitative estimate of drug-likeness (QED) is 0.736. The van der Waals surface area contributed by atoms with Crippen LogP contribution in [0, 0.1) is 0 Å². The summed E-state index contributed by atoms with van der Waals surface area (Å²) in [6.45, 7) is 3.54. The molecule has 0 rings (SSSR count). The first-order chi connectivity index (χ1) is 5.83. The molecule has 0 aliphatic carbocycles. The maximum absolute atomic E-state index is 10.9. The van der Waals surface area contributed by atoms with Crippen LogP contribution in [-0.2, 0) is 4.79 Å². The van der Waals surface area contributed by atoms with Crippen molar-refractivity contribution in [1.82, 2.24) is 4.90 Å². The number of carboxylic acid groups (broad SMARTS) is 1. The Labute approximate surface area is 88.5 Å². The standard InChI is InChI=1S/C8H15NO2S2/c1-5-8(2,6(10)11)13-7(12)9(3)4/h5H2,1-4H3,(H,10,11). The van der Waals surface area contributed by atoms with Crippen LogP contribution >= 0.6 is 24.0 Å². The van der Waals surface area contributed by atoms with Crippen molar-refractivity contribution >= 4 is 34.3 Å². The van der Waals surface area contributed by atoms with Gasteiger partial charge in [-0.15, -0.1) is 0 Å². The van der Waals surface area contributed by atoms with Crippen molar-refractivity contribution in [3.63, 3.8) is 0 Å². The number of thioether (sulfide) groups is 1. The number of aliphatic carboxylic acids is 1. The van der Waals surface area contributed by atoms with Crippen LogP contribution in [0.4, 0.5) is 0 Å². The normalized spacial score (nSPS) is 14.8. The molecule has 0 bridgehead atoms. The monoisotopic (exact) mass is 221 g/mol. The molecule has 0 amide bonds. The Bertz CT molecular complexity index is 218. The third-order valence-electron chi connectivity index (χ3n) is 1.80. The van der Waals surface area contributed by atoms with Gasteiger partial charge in [0.25, 0.3) is 0 Å². The molecule has 0 heterocycles. The number of carboxylic acids is 1. The zero-order chi connectivity index (χ0) is 10.6. The predicted octanol–water partition coefficient (Wildman–Crippen LogP) is 1.82. The van der Waals surface area contributed by atoms with Crippen LogP contribution in [0.25, 0.3) is 0 Å². The maximum Gasteiger partial charge on any atom is 0.319 e. The van der Waals surface area contributed by atoms with Crippen LogP contribution in [0.5, 0.6) is 0 Å². The lowest BCUT2D eigenvalue weighted by molar-refractivity contribution is -0.139. The smallest absolute Gasteiger partial charge is 0.319 e. The molecule has 1 N–H and O–H groups in total. The van der Waals surface area contributed by atoms with E-state index >= 15 is 0 Å². The first kappa shape index (κ1) is 12.7. The van der Waals surface area contributed by atoms with Crippen LogP contribution in [0.15, 0.2) is 0 Å². The molecule has 0 saturated heterocycles. The molecule has 0 saturated carbocycles. The number of rotatable bonds is 3. The molecule has 0 spiro atoms. The van der Waals surface area contributed by atoms with Crippen LogP contribution in [0.3, 0.4) is 0 Å². The van der Waals surface area contributed by atoms with Gasteiger partial charge in [-0.3, -0.25) is 4.79 Å². The maximum atomic E-state index is 10.9. The van der Waals surface area contributed by atoms with E-state index in [1.54, 1.807) is 11.8 Å². The lowest BCUT2D eigenvalue weighted by Gasteiger charge is -2.25. The molecule has 1 unspecified atom stereocenters. The summed E-state index contributed by atoms with van der Waals surface area (Å²) in [4.78, 5) is 12.7. The zero-order valence-electron chi connectivity index (χ0n) is 8.33. The van der Waals surface area contributed by atoms with Gasteiger partial charge in [-0.2, -0.15) is 0 Å². The summed E-state index contributed by atoms with van der Waals surface area (Å²) in [6, 6.07) is 0. The molecule has 0 aromatic rings. The summed E-state index contributed by atoms with van der Waals surface area (Å²) in [7, 11) is 3.63. The highest BCUT2D eigenvalue weighted by Gasteiger charge is 2.33. The molecule has 13 heavy (non-hydrogen) atoms. The van der Waals surface area contributed by atoms with E-state index < -0.39 is 10.7 Å². The van der Waals surface area contributed by atoms with Crippen LogP contribution in [0.2, 0.25) is 0 Å². The first-order valence-corrected chi connectivity index (χ1v) is 5.19. The molecule has 1 atom stereocenters. The van der Waals surface area contributed by atoms with Crippen LogP contribution < -0.4 is 0 Å². The molecular weight excluding hydrogens is 206 g/mol. The second-order valence-electron chi connectivity index (χ2n) is 3.15. The molecule has 0 fully saturated rings. The average molecular weight is 221 g/mol. The predicted molar refractivity (Wildman–Crippen MR) is 60.2 cm³/mol. The van der Waals surface area contributed by atoms with Gasteiger partial charge in [-0.1, -0.05) is 30.9 Å². The molecule has 0 aromatic carbocycles. The summed E-state index contributed by atoms with van der Waals surface area (Å²) in [5.41, 5.74) is 0. The van der Waals surface area contributed by atoms with Crippen molar-refractivity contribution in [2.45, 2.75) is 25.0 Å². The minimum absolute atomic E-state index is 0.557. The van der Waals surface area contributed by atoms with Crippen molar-refractivity contribution in [3.05, 3.63) is 0 Å². The summed E-state index contributed by atoms with van der Waals surface area (Å²) < 4.78 is -0.201. The van der Waals surface area contributed by atoms with E-state index in [0.29, 0.717) is 10.7 Å². The molecule has 0 aromatic heterocycles. The lowest BCUT2D eigenvalue weighted by Crippen LogP contribution is -2.34. The second kappa shape index (κ2) is 4.81. The number of nitrogens with zero attached hydrogens (tertiary/aromatic N) is 1. The van der Waals surface area contributed by atoms with Gasteiger partial charge < -0.3 is 10.0 Å². The molecule has 3 nitrogen and oxygen atoms in total. The van der Waals surface area contributed by atoms with E-state index in [0.717, 1.165) is 0 Å². The minimum atomic E-state index is -0.816. The van der Waals surface area contributed by atoms with Crippen molar-refractivity contribution in [2.24, 2.45) is 0 Å². The summed E-state index contributed by atoms with van der Waals surface area (Å²) >= 11 is 6.26. The SMILES string of the molecule is CCC(C)(SC(=S)N(C)C)C(=O)O. The zero-order valence-corrected chi connectivity index (χ0v) is 9.96. The Morgan fingerprint density at radius 3 is 2.31 bits per heavy atom. The Morgan fingerprint density at radius 2 is 2.08 bits per heavy atom. The van der Waals surface area contributed by atoms with Gasteiger partial charge in [-0.25, -0.2) is 0 Å². The Hall–Kier alpha value is -0.290. The van der Waals surface area contributed by atoms with Gasteiger partial charge in [0.2, 0.25) is 0 Å². The number of thiocarbonyl (C=S) groups is 1. The van der Waals surface area contributed by atoms with E-state index in [4.69, 9.17) is 17.3 Å². The fraction of sp³-hybridized carbons (Fsp3) is 0.750. The molecule has 0 radical (unpaired) electrons. The minimum Gasteiger partial charge on any atom is -0.480 e. The van der Waals surface area contributed by atoms with Gasteiger partial charge in [0.1, 0.15) is 9.07 Å². The van der Waals surface area contributed by atoms with Gasteiger partial charge in [0.05, 0.1) is 0 Å². The van der Waals surface area contributed by atoms with Gasteiger partial charge >= 0.3 is 5.97 Å². The Kier molecular flexibility index (Phi) is 4.70. The molecule has 5 heteroatoms. The van der Waals surface area contributed by atoms with Crippen LogP contribution in [-0.4, -0.2) is 39.1 Å². The number of carbonyl (C=O) groups is 1. The van der Waals surface area contributed by atoms with Crippen molar-refractivity contribution < 1.29 is 9.90 Å². The molecule has 0 aliphatic rings. The summed E-state index contributed by atoms with van der Waals surface area (Å²) in [6.07, 6.45) is 0.557. The number of hydrogen-bond acceptors (Lipinski definition) is 3.